The van der Waals surface area contributed by atoms with Gasteiger partial charge in [0.15, 0.2) is 0 Å². The fourth-order valence-corrected chi connectivity index (χ4v) is 3.19. The molecule has 0 bridgehead atoms. The Morgan fingerprint density at radius 1 is 1.38 bits per heavy atom. The minimum Gasteiger partial charge on any atom is -0.388 e. The lowest BCUT2D eigenvalue weighted by Crippen LogP contribution is -2.34. The van der Waals surface area contributed by atoms with Crippen molar-refractivity contribution in [2.24, 2.45) is 0 Å². The molecule has 1 N–H and O–H groups in total. The Kier molecular flexibility index (Phi) is 5.56. The van der Waals surface area contributed by atoms with Gasteiger partial charge in [0.1, 0.15) is 0 Å². The molecule has 0 aliphatic carbocycles. The average molecular weight is 291 g/mol. The summed E-state index contributed by atoms with van der Waals surface area (Å²) in [6.45, 7) is 4.11. The van der Waals surface area contributed by atoms with Gasteiger partial charge in [-0.2, -0.15) is 0 Å². The monoisotopic (exact) mass is 291 g/mol. The molecule has 5 heteroatoms. The highest BCUT2D eigenvalue weighted by atomic mass is 16.6. The van der Waals surface area contributed by atoms with Gasteiger partial charge >= 0.3 is 0 Å². The first kappa shape index (κ1) is 15.8. The molecule has 116 valence electrons. The van der Waals surface area contributed by atoms with Gasteiger partial charge in [-0.15, -0.1) is 0 Å². The van der Waals surface area contributed by atoms with Crippen LogP contribution in [0.3, 0.4) is 0 Å². The lowest BCUT2D eigenvalue weighted by molar-refractivity contribution is -0.384. The zero-order valence-electron chi connectivity index (χ0n) is 13.0. The molecule has 1 heterocycles. The van der Waals surface area contributed by atoms with Crippen LogP contribution in [-0.2, 0) is 6.54 Å². The number of anilines is 1. The van der Waals surface area contributed by atoms with Crippen molar-refractivity contribution in [3.05, 3.63) is 33.9 Å². The van der Waals surface area contributed by atoms with E-state index < -0.39 is 0 Å². The van der Waals surface area contributed by atoms with Crippen molar-refractivity contribution < 1.29 is 4.92 Å². The highest BCUT2D eigenvalue weighted by Crippen LogP contribution is 2.27. The molecule has 1 aromatic carbocycles. The summed E-state index contributed by atoms with van der Waals surface area (Å²) in [5.74, 6) is 0. The van der Waals surface area contributed by atoms with Crippen LogP contribution in [0.5, 0.6) is 0 Å². The standard InChI is InChI=1S/C16H25N3O2/c1-3-14-7-5-4-6-10-18(14)12-13-11-15(19(20)21)8-9-16(13)17-2/h8-9,11,14,17H,3-7,10,12H2,1-2H3. The van der Waals surface area contributed by atoms with E-state index in [4.69, 9.17) is 0 Å². The SMILES string of the molecule is CCC1CCCCCN1Cc1cc([N+](=O)[O-])ccc1NC. The van der Waals surface area contributed by atoms with Crippen molar-refractivity contribution >= 4 is 11.4 Å². The largest absolute Gasteiger partial charge is 0.388 e. The minimum atomic E-state index is -0.317. The quantitative estimate of drug-likeness (QED) is 0.662. The Morgan fingerprint density at radius 3 is 2.86 bits per heavy atom. The molecule has 2 rings (SSSR count). The summed E-state index contributed by atoms with van der Waals surface area (Å²) >= 11 is 0. The third-order valence-electron chi connectivity index (χ3n) is 4.41. The molecule has 21 heavy (non-hydrogen) atoms. The molecule has 0 radical (unpaired) electrons. The van der Waals surface area contributed by atoms with Crippen molar-refractivity contribution in [2.75, 3.05) is 18.9 Å². The first-order valence-electron chi connectivity index (χ1n) is 7.84. The van der Waals surface area contributed by atoms with Crippen LogP contribution in [0.15, 0.2) is 18.2 Å². The van der Waals surface area contributed by atoms with Gasteiger partial charge in [0.25, 0.3) is 5.69 Å². The van der Waals surface area contributed by atoms with Gasteiger partial charge in [-0.3, -0.25) is 15.0 Å². The number of hydrogen-bond acceptors (Lipinski definition) is 4. The number of benzene rings is 1. The first-order valence-corrected chi connectivity index (χ1v) is 7.84. The fraction of sp³-hybridized carbons (Fsp3) is 0.625. The molecule has 0 aromatic heterocycles. The van der Waals surface area contributed by atoms with Gasteiger partial charge in [0.2, 0.25) is 0 Å². The summed E-state index contributed by atoms with van der Waals surface area (Å²) in [6.07, 6.45) is 6.19. The van der Waals surface area contributed by atoms with Crippen LogP contribution in [0.25, 0.3) is 0 Å². The minimum absolute atomic E-state index is 0.173. The van der Waals surface area contributed by atoms with Gasteiger partial charge in [0.05, 0.1) is 4.92 Å². The maximum absolute atomic E-state index is 11.0. The third-order valence-corrected chi connectivity index (χ3v) is 4.41. The Bertz CT molecular complexity index is 490. The number of nitro groups is 1. The number of rotatable bonds is 5. The first-order chi connectivity index (χ1) is 10.2. The third kappa shape index (κ3) is 3.94. The van der Waals surface area contributed by atoms with Crippen molar-refractivity contribution in [3.63, 3.8) is 0 Å². The van der Waals surface area contributed by atoms with Gasteiger partial charge < -0.3 is 5.32 Å². The van der Waals surface area contributed by atoms with Crippen LogP contribution in [0.2, 0.25) is 0 Å². The van der Waals surface area contributed by atoms with E-state index in [1.54, 1.807) is 12.1 Å². The lowest BCUT2D eigenvalue weighted by Gasteiger charge is -2.29. The second-order valence-corrected chi connectivity index (χ2v) is 5.73. The van der Waals surface area contributed by atoms with Crippen LogP contribution >= 0.6 is 0 Å². The predicted octanol–water partition coefficient (Wildman–Crippen LogP) is 3.79. The van der Waals surface area contributed by atoms with E-state index in [1.165, 1.54) is 25.7 Å². The Morgan fingerprint density at radius 2 is 2.19 bits per heavy atom. The molecule has 5 nitrogen and oxygen atoms in total. The molecule has 0 saturated carbocycles. The van der Waals surface area contributed by atoms with Gasteiger partial charge in [-0.05, 0) is 37.4 Å². The fourth-order valence-electron chi connectivity index (χ4n) is 3.19. The zero-order valence-corrected chi connectivity index (χ0v) is 13.0. The summed E-state index contributed by atoms with van der Waals surface area (Å²) in [4.78, 5) is 13.2. The molecule has 0 spiro atoms. The van der Waals surface area contributed by atoms with E-state index >= 15 is 0 Å². The van der Waals surface area contributed by atoms with Crippen molar-refractivity contribution in [2.45, 2.75) is 51.6 Å². The van der Waals surface area contributed by atoms with E-state index in [0.717, 1.165) is 30.8 Å². The molecular weight excluding hydrogens is 266 g/mol. The van der Waals surface area contributed by atoms with E-state index in [1.807, 2.05) is 13.1 Å². The van der Waals surface area contributed by atoms with Crippen molar-refractivity contribution in [1.29, 1.82) is 0 Å². The maximum atomic E-state index is 11.0. The molecule has 1 saturated heterocycles. The summed E-state index contributed by atoms with van der Waals surface area (Å²) in [5.41, 5.74) is 2.18. The number of nitro benzene ring substituents is 1. The summed E-state index contributed by atoms with van der Waals surface area (Å²) in [6, 6.07) is 5.68. The lowest BCUT2D eigenvalue weighted by atomic mass is 10.1. The van der Waals surface area contributed by atoms with Crippen molar-refractivity contribution in [1.82, 2.24) is 4.90 Å². The molecule has 1 atom stereocenters. The number of nitrogens with one attached hydrogen (secondary N) is 1. The number of nitrogens with zero attached hydrogens (tertiary/aromatic N) is 2. The van der Waals surface area contributed by atoms with Crippen LogP contribution in [0.1, 0.15) is 44.6 Å². The van der Waals surface area contributed by atoms with Crippen LogP contribution in [-0.4, -0.2) is 29.5 Å². The van der Waals surface area contributed by atoms with Gasteiger partial charge in [-0.1, -0.05) is 19.8 Å². The normalized spacial score (nSPS) is 20.0. The van der Waals surface area contributed by atoms with E-state index in [-0.39, 0.29) is 10.6 Å². The Labute approximate surface area is 126 Å². The molecule has 0 amide bonds. The topological polar surface area (TPSA) is 58.4 Å². The summed E-state index contributed by atoms with van der Waals surface area (Å²) in [5, 5.41) is 14.1. The van der Waals surface area contributed by atoms with Crippen molar-refractivity contribution in [3.8, 4) is 0 Å². The molecule has 1 aromatic rings. The zero-order chi connectivity index (χ0) is 15.2. The highest BCUT2D eigenvalue weighted by molar-refractivity contribution is 5.55. The molecule has 1 fully saturated rings. The second kappa shape index (κ2) is 7.41. The van der Waals surface area contributed by atoms with Gasteiger partial charge in [0, 0.05) is 37.5 Å². The smallest absolute Gasteiger partial charge is 0.269 e. The molecular formula is C16H25N3O2. The Balaban J connectivity index is 2.23. The molecule has 1 aliphatic heterocycles. The second-order valence-electron chi connectivity index (χ2n) is 5.73. The number of likely N-dealkylation sites (tertiary alicyclic amines) is 1. The van der Waals surface area contributed by atoms with E-state index in [9.17, 15) is 10.1 Å². The highest BCUT2D eigenvalue weighted by Gasteiger charge is 2.21. The average Bonchev–Trinajstić information content (AvgIpc) is 2.72. The van der Waals surface area contributed by atoms with Crippen LogP contribution < -0.4 is 5.32 Å². The van der Waals surface area contributed by atoms with Crippen LogP contribution in [0.4, 0.5) is 11.4 Å². The van der Waals surface area contributed by atoms with E-state index in [2.05, 4.69) is 17.1 Å². The number of non-ortho nitro benzene ring substituents is 1. The number of hydrogen-bond donors (Lipinski definition) is 1. The maximum Gasteiger partial charge on any atom is 0.269 e. The van der Waals surface area contributed by atoms with E-state index in [0.29, 0.717) is 6.04 Å². The Hall–Kier alpha value is -1.62. The predicted molar refractivity (Wildman–Crippen MR) is 85.6 cm³/mol. The summed E-state index contributed by atoms with van der Waals surface area (Å²) in [7, 11) is 1.87. The summed E-state index contributed by atoms with van der Waals surface area (Å²) < 4.78 is 0. The molecule has 1 aliphatic rings. The molecule has 1 unspecified atom stereocenters. The van der Waals surface area contributed by atoms with Crippen LogP contribution in [0, 0.1) is 10.1 Å². The van der Waals surface area contributed by atoms with Gasteiger partial charge in [-0.25, -0.2) is 0 Å².